The predicted molar refractivity (Wildman–Crippen MR) is 70.1 cm³/mol. The summed E-state index contributed by atoms with van der Waals surface area (Å²) in [6.45, 7) is 5.90. The van der Waals surface area contributed by atoms with E-state index in [9.17, 15) is 15.0 Å². The summed E-state index contributed by atoms with van der Waals surface area (Å²) >= 11 is 0. The Bertz CT molecular complexity index is 305. The van der Waals surface area contributed by atoms with Gasteiger partial charge in [0.05, 0.1) is 12.0 Å². The maximum atomic E-state index is 11.3. The third-order valence-electron chi connectivity index (χ3n) is 4.82. The van der Waals surface area contributed by atoms with Gasteiger partial charge in [-0.2, -0.15) is 0 Å². The van der Waals surface area contributed by atoms with E-state index in [1.807, 2.05) is 20.8 Å². The number of aliphatic hydroxyl groups is 1. The van der Waals surface area contributed by atoms with Crippen molar-refractivity contribution in [3.05, 3.63) is 0 Å². The van der Waals surface area contributed by atoms with Crippen LogP contribution in [0.5, 0.6) is 0 Å². The molecule has 2 aliphatic carbocycles. The van der Waals surface area contributed by atoms with Crippen LogP contribution in [0, 0.1) is 35.5 Å². The van der Waals surface area contributed by atoms with E-state index in [-0.39, 0.29) is 29.8 Å². The largest absolute Gasteiger partial charge is 0.481 e. The second kappa shape index (κ2) is 5.20. The van der Waals surface area contributed by atoms with E-state index in [0.717, 1.165) is 12.8 Å². The lowest BCUT2D eigenvalue weighted by atomic mass is 9.71. The lowest BCUT2D eigenvalue weighted by molar-refractivity contribution is -0.145. The molecule has 3 nitrogen and oxygen atoms in total. The van der Waals surface area contributed by atoms with Gasteiger partial charge in [0.25, 0.3) is 0 Å². The van der Waals surface area contributed by atoms with Crippen LogP contribution < -0.4 is 0 Å². The van der Waals surface area contributed by atoms with Gasteiger partial charge in [0, 0.05) is 0 Å². The van der Waals surface area contributed by atoms with Gasteiger partial charge < -0.3 is 10.2 Å². The SMILES string of the molecule is CC(C)C(O)C(C1CC1)C(C1CC1)C(C)C(=O)O. The van der Waals surface area contributed by atoms with Gasteiger partial charge in [-0.3, -0.25) is 4.79 Å². The minimum absolute atomic E-state index is 0.174. The molecular formula is C15H26O3. The fourth-order valence-corrected chi connectivity index (χ4v) is 3.45. The van der Waals surface area contributed by atoms with E-state index in [2.05, 4.69) is 0 Å². The Morgan fingerprint density at radius 1 is 1.00 bits per heavy atom. The molecule has 0 spiro atoms. The molecule has 18 heavy (non-hydrogen) atoms. The van der Waals surface area contributed by atoms with Crippen LogP contribution in [0.1, 0.15) is 46.5 Å². The molecule has 0 aliphatic heterocycles. The Morgan fingerprint density at radius 3 is 1.78 bits per heavy atom. The van der Waals surface area contributed by atoms with Crippen LogP contribution in [0.25, 0.3) is 0 Å². The minimum Gasteiger partial charge on any atom is -0.481 e. The van der Waals surface area contributed by atoms with E-state index in [0.29, 0.717) is 11.8 Å². The van der Waals surface area contributed by atoms with Gasteiger partial charge in [-0.15, -0.1) is 0 Å². The highest BCUT2D eigenvalue weighted by molar-refractivity contribution is 5.70. The van der Waals surface area contributed by atoms with Crippen molar-refractivity contribution in [2.75, 3.05) is 0 Å². The molecule has 2 saturated carbocycles. The summed E-state index contributed by atoms with van der Waals surface area (Å²) < 4.78 is 0. The van der Waals surface area contributed by atoms with Crippen LogP contribution in [0.4, 0.5) is 0 Å². The number of carboxylic acid groups (broad SMARTS) is 1. The molecule has 0 aromatic carbocycles. The first-order chi connectivity index (χ1) is 8.43. The fraction of sp³-hybridized carbons (Fsp3) is 0.933. The molecule has 2 fully saturated rings. The Morgan fingerprint density at radius 2 is 1.44 bits per heavy atom. The second-order valence-electron chi connectivity index (χ2n) is 6.69. The van der Waals surface area contributed by atoms with Crippen LogP contribution >= 0.6 is 0 Å². The van der Waals surface area contributed by atoms with Crippen molar-refractivity contribution in [3.63, 3.8) is 0 Å². The number of rotatable bonds is 7. The van der Waals surface area contributed by atoms with Crippen molar-refractivity contribution in [1.29, 1.82) is 0 Å². The Hall–Kier alpha value is -0.570. The third-order valence-corrected chi connectivity index (χ3v) is 4.82. The number of hydrogen-bond acceptors (Lipinski definition) is 2. The number of carbonyl (C=O) groups is 1. The summed E-state index contributed by atoms with van der Waals surface area (Å²) in [5.41, 5.74) is 0. The fourth-order valence-electron chi connectivity index (χ4n) is 3.45. The number of aliphatic carboxylic acids is 1. The van der Waals surface area contributed by atoms with Crippen molar-refractivity contribution in [2.45, 2.75) is 52.6 Å². The molecular weight excluding hydrogens is 228 g/mol. The first-order valence-corrected chi connectivity index (χ1v) is 7.34. The quantitative estimate of drug-likeness (QED) is 0.734. The molecule has 0 heterocycles. The summed E-state index contributed by atoms with van der Waals surface area (Å²) in [5, 5.41) is 19.8. The molecule has 0 amide bonds. The van der Waals surface area contributed by atoms with Crippen molar-refractivity contribution in [2.24, 2.45) is 35.5 Å². The molecule has 0 bridgehead atoms. The van der Waals surface area contributed by atoms with E-state index < -0.39 is 5.97 Å². The van der Waals surface area contributed by atoms with Crippen molar-refractivity contribution in [3.8, 4) is 0 Å². The monoisotopic (exact) mass is 254 g/mol. The van der Waals surface area contributed by atoms with E-state index in [4.69, 9.17) is 0 Å². The predicted octanol–water partition coefficient (Wildman–Crippen LogP) is 2.78. The van der Waals surface area contributed by atoms with Gasteiger partial charge in [0.1, 0.15) is 0 Å². The van der Waals surface area contributed by atoms with Crippen molar-refractivity contribution < 1.29 is 15.0 Å². The van der Waals surface area contributed by atoms with Crippen LogP contribution in [0.2, 0.25) is 0 Å². The maximum absolute atomic E-state index is 11.3. The van der Waals surface area contributed by atoms with E-state index in [1.165, 1.54) is 12.8 Å². The maximum Gasteiger partial charge on any atom is 0.306 e. The summed E-state index contributed by atoms with van der Waals surface area (Å²) in [5.74, 6) is 0.670. The Labute approximate surface area is 110 Å². The van der Waals surface area contributed by atoms with Crippen molar-refractivity contribution in [1.82, 2.24) is 0 Å². The first-order valence-electron chi connectivity index (χ1n) is 7.34. The third kappa shape index (κ3) is 2.87. The zero-order valence-electron chi connectivity index (χ0n) is 11.7. The smallest absolute Gasteiger partial charge is 0.306 e. The second-order valence-corrected chi connectivity index (χ2v) is 6.69. The molecule has 2 N–H and O–H groups in total. The average Bonchev–Trinajstić information content (AvgIpc) is 3.15. The summed E-state index contributed by atoms with van der Waals surface area (Å²) in [6, 6.07) is 0. The topological polar surface area (TPSA) is 57.5 Å². The summed E-state index contributed by atoms with van der Waals surface area (Å²) in [6.07, 6.45) is 4.30. The van der Waals surface area contributed by atoms with Gasteiger partial charge in [0.15, 0.2) is 0 Å². The molecule has 4 atom stereocenters. The molecule has 0 aromatic heterocycles. The average molecular weight is 254 g/mol. The molecule has 0 aromatic rings. The first kappa shape index (κ1) is 13.9. The lowest BCUT2D eigenvalue weighted by Gasteiger charge is -2.35. The Balaban J connectivity index is 2.17. The molecule has 3 heteroatoms. The van der Waals surface area contributed by atoms with Crippen LogP contribution in [-0.4, -0.2) is 22.3 Å². The molecule has 2 aliphatic rings. The number of carboxylic acids is 1. The van der Waals surface area contributed by atoms with Crippen LogP contribution in [-0.2, 0) is 4.79 Å². The van der Waals surface area contributed by atoms with Crippen LogP contribution in [0.15, 0.2) is 0 Å². The highest BCUT2D eigenvalue weighted by Gasteiger charge is 2.50. The summed E-state index contributed by atoms with van der Waals surface area (Å²) in [7, 11) is 0. The molecule has 0 radical (unpaired) electrons. The summed E-state index contributed by atoms with van der Waals surface area (Å²) in [4.78, 5) is 11.3. The lowest BCUT2D eigenvalue weighted by Crippen LogP contribution is -2.39. The van der Waals surface area contributed by atoms with Crippen LogP contribution in [0.3, 0.4) is 0 Å². The zero-order valence-corrected chi connectivity index (χ0v) is 11.7. The van der Waals surface area contributed by atoms with E-state index in [1.54, 1.807) is 0 Å². The molecule has 4 unspecified atom stereocenters. The highest BCUT2D eigenvalue weighted by atomic mass is 16.4. The highest BCUT2D eigenvalue weighted by Crippen LogP contribution is 2.53. The van der Waals surface area contributed by atoms with Gasteiger partial charge in [-0.25, -0.2) is 0 Å². The van der Waals surface area contributed by atoms with E-state index >= 15 is 0 Å². The molecule has 0 saturated heterocycles. The van der Waals surface area contributed by atoms with Gasteiger partial charge in [-0.05, 0) is 55.3 Å². The molecule has 104 valence electrons. The van der Waals surface area contributed by atoms with Gasteiger partial charge >= 0.3 is 5.97 Å². The minimum atomic E-state index is -0.700. The molecule has 2 rings (SSSR count). The zero-order chi connectivity index (χ0) is 13.4. The normalized spacial score (nSPS) is 26.7. The number of aliphatic hydroxyl groups excluding tert-OH is 1. The van der Waals surface area contributed by atoms with Crippen molar-refractivity contribution >= 4 is 5.97 Å². The Kier molecular flexibility index (Phi) is 4.00. The van der Waals surface area contributed by atoms with Gasteiger partial charge in [-0.1, -0.05) is 20.8 Å². The van der Waals surface area contributed by atoms with Gasteiger partial charge in [0.2, 0.25) is 0 Å². The number of hydrogen-bond donors (Lipinski definition) is 2. The standard InChI is InChI=1S/C15H26O3/c1-8(2)14(16)13(11-6-7-11)12(10-4-5-10)9(3)15(17)18/h8-14,16H,4-7H2,1-3H3,(H,17,18).